The second kappa shape index (κ2) is 5.39. The van der Waals surface area contributed by atoms with Crippen molar-refractivity contribution in [2.45, 2.75) is 32.1 Å². The lowest BCUT2D eigenvalue weighted by atomic mass is 9.90. The van der Waals surface area contributed by atoms with Crippen LogP contribution in [0.25, 0.3) is 0 Å². The van der Waals surface area contributed by atoms with Crippen LogP contribution in [0.15, 0.2) is 12.3 Å². The van der Waals surface area contributed by atoms with E-state index in [4.69, 9.17) is 22.1 Å². The van der Waals surface area contributed by atoms with E-state index in [0.29, 0.717) is 22.5 Å². The van der Waals surface area contributed by atoms with Crippen LogP contribution in [0.1, 0.15) is 32.1 Å². The van der Waals surface area contributed by atoms with Gasteiger partial charge in [0.15, 0.2) is 11.6 Å². The molecule has 0 amide bonds. The first-order chi connectivity index (χ1) is 7.75. The third-order valence-electron chi connectivity index (χ3n) is 3.05. The summed E-state index contributed by atoms with van der Waals surface area (Å²) in [6.07, 6.45) is 8.04. The molecule has 1 saturated carbocycles. The summed E-state index contributed by atoms with van der Waals surface area (Å²) >= 11 is 5.84. The number of aromatic nitrogens is 1. The van der Waals surface area contributed by atoms with Gasteiger partial charge < -0.3 is 10.5 Å². The number of anilines is 1. The van der Waals surface area contributed by atoms with Crippen LogP contribution in [0.3, 0.4) is 0 Å². The molecular formula is C12H17ClN2O. The maximum absolute atomic E-state index is 5.84. The molecule has 1 heterocycles. The van der Waals surface area contributed by atoms with Gasteiger partial charge >= 0.3 is 0 Å². The summed E-state index contributed by atoms with van der Waals surface area (Å²) in [6, 6.07) is 1.73. The van der Waals surface area contributed by atoms with Crippen LogP contribution >= 0.6 is 11.6 Å². The molecule has 1 fully saturated rings. The summed E-state index contributed by atoms with van der Waals surface area (Å²) in [7, 11) is 0. The van der Waals surface area contributed by atoms with Crippen molar-refractivity contribution in [3.05, 3.63) is 17.3 Å². The standard InChI is InChI=1S/C12H17ClN2O/c13-10-6-11(12(14)15-7-10)16-8-9-4-2-1-3-5-9/h6-7,9H,1-5,8H2,(H2,14,15). The fourth-order valence-corrected chi connectivity index (χ4v) is 2.26. The minimum atomic E-state index is 0.417. The van der Waals surface area contributed by atoms with Crippen molar-refractivity contribution in [3.8, 4) is 5.75 Å². The highest BCUT2D eigenvalue weighted by atomic mass is 35.5. The summed E-state index contributed by atoms with van der Waals surface area (Å²) in [5.41, 5.74) is 5.71. The van der Waals surface area contributed by atoms with Crippen LogP contribution < -0.4 is 10.5 Å². The van der Waals surface area contributed by atoms with Crippen molar-refractivity contribution in [1.29, 1.82) is 0 Å². The smallest absolute Gasteiger partial charge is 0.166 e. The molecule has 0 radical (unpaired) electrons. The highest BCUT2D eigenvalue weighted by Crippen LogP contribution is 2.27. The van der Waals surface area contributed by atoms with E-state index in [1.54, 1.807) is 6.07 Å². The van der Waals surface area contributed by atoms with Crippen LogP contribution in [-0.4, -0.2) is 11.6 Å². The number of nitrogen functional groups attached to an aromatic ring is 1. The third kappa shape index (κ3) is 3.01. The Hall–Kier alpha value is -0.960. The van der Waals surface area contributed by atoms with Gasteiger partial charge in [0.25, 0.3) is 0 Å². The van der Waals surface area contributed by atoms with Crippen molar-refractivity contribution in [2.24, 2.45) is 5.92 Å². The van der Waals surface area contributed by atoms with Gasteiger partial charge in [-0.3, -0.25) is 0 Å². The first kappa shape index (κ1) is 11.5. The van der Waals surface area contributed by atoms with E-state index < -0.39 is 0 Å². The Balaban J connectivity index is 1.90. The number of nitrogens with zero attached hydrogens (tertiary/aromatic N) is 1. The van der Waals surface area contributed by atoms with Gasteiger partial charge in [-0.15, -0.1) is 0 Å². The largest absolute Gasteiger partial charge is 0.489 e. The zero-order valence-electron chi connectivity index (χ0n) is 9.29. The monoisotopic (exact) mass is 240 g/mol. The molecule has 0 aliphatic heterocycles. The molecule has 2 rings (SSSR count). The minimum Gasteiger partial charge on any atom is -0.489 e. The van der Waals surface area contributed by atoms with Gasteiger partial charge in [-0.2, -0.15) is 0 Å². The van der Waals surface area contributed by atoms with Gasteiger partial charge in [-0.1, -0.05) is 30.9 Å². The van der Waals surface area contributed by atoms with Crippen molar-refractivity contribution in [3.63, 3.8) is 0 Å². The predicted molar refractivity (Wildman–Crippen MR) is 65.7 cm³/mol. The molecular weight excluding hydrogens is 224 g/mol. The Morgan fingerprint density at radius 3 is 2.88 bits per heavy atom. The number of hydrogen-bond donors (Lipinski definition) is 1. The van der Waals surface area contributed by atoms with E-state index >= 15 is 0 Å². The maximum Gasteiger partial charge on any atom is 0.166 e. The quantitative estimate of drug-likeness (QED) is 0.882. The second-order valence-corrected chi connectivity index (χ2v) is 4.79. The molecule has 0 aromatic carbocycles. The highest BCUT2D eigenvalue weighted by molar-refractivity contribution is 6.30. The molecule has 88 valence electrons. The highest BCUT2D eigenvalue weighted by Gasteiger charge is 2.14. The van der Waals surface area contributed by atoms with Crippen molar-refractivity contribution in [2.75, 3.05) is 12.3 Å². The molecule has 0 atom stereocenters. The Kier molecular flexibility index (Phi) is 3.88. The zero-order chi connectivity index (χ0) is 11.4. The minimum absolute atomic E-state index is 0.417. The number of pyridine rings is 1. The lowest BCUT2D eigenvalue weighted by Crippen LogP contribution is -2.15. The van der Waals surface area contributed by atoms with Crippen molar-refractivity contribution >= 4 is 17.4 Å². The molecule has 1 aromatic heterocycles. The van der Waals surface area contributed by atoms with E-state index in [9.17, 15) is 0 Å². The van der Waals surface area contributed by atoms with Crippen LogP contribution in [0.2, 0.25) is 5.02 Å². The molecule has 16 heavy (non-hydrogen) atoms. The Bertz CT molecular complexity index is 351. The van der Waals surface area contributed by atoms with Crippen LogP contribution in [0.5, 0.6) is 5.75 Å². The van der Waals surface area contributed by atoms with Crippen molar-refractivity contribution < 1.29 is 4.74 Å². The Morgan fingerprint density at radius 2 is 2.12 bits per heavy atom. The summed E-state index contributed by atoms with van der Waals surface area (Å²) in [5.74, 6) is 1.69. The molecule has 0 saturated heterocycles. The molecule has 1 aromatic rings. The van der Waals surface area contributed by atoms with Gasteiger partial charge in [0, 0.05) is 12.3 Å². The Labute approximate surface area is 101 Å². The van der Waals surface area contributed by atoms with Gasteiger partial charge in [0.1, 0.15) is 0 Å². The number of ether oxygens (including phenoxy) is 1. The van der Waals surface area contributed by atoms with Crippen LogP contribution in [0, 0.1) is 5.92 Å². The first-order valence-electron chi connectivity index (χ1n) is 5.79. The van der Waals surface area contributed by atoms with Gasteiger partial charge in [0.2, 0.25) is 0 Å². The van der Waals surface area contributed by atoms with E-state index in [0.717, 1.165) is 6.61 Å². The van der Waals surface area contributed by atoms with E-state index in [1.807, 2.05) is 0 Å². The fourth-order valence-electron chi connectivity index (χ4n) is 2.11. The number of nitrogens with two attached hydrogens (primary N) is 1. The fraction of sp³-hybridized carbons (Fsp3) is 0.583. The molecule has 2 N–H and O–H groups in total. The van der Waals surface area contributed by atoms with E-state index in [1.165, 1.54) is 38.3 Å². The summed E-state index contributed by atoms with van der Waals surface area (Å²) in [5, 5.41) is 0.563. The topological polar surface area (TPSA) is 48.1 Å². The molecule has 0 spiro atoms. The third-order valence-corrected chi connectivity index (χ3v) is 3.25. The van der Waals surface area contributed by atoms with E-state index in [2.05, 4.69) is 4.98 Å². The summed E-state index contributed by atoms with van der Waals surface area (Å²) in [4.78, 5) is 3.96. The number of hydrogen-bond acceptors (Lipinski definition) is 3. The second-order valence-electron chi connectivity index (χ2n) is 4.35. The average Bonchev–Trinajstić information content (AvgIpc) is 2.32. The van der Waals surface area contributed by atoms with Crippen LogP contribution in [0.4, 0.5) is 5.82 Å². The summed E-state index contributed by atoms with van der Waals surface area (Å²) in [6.45, 7) is 0.728. The van der Waals surface area contributed by atoms with Gasteiger partial charge in [-0.25, -0.2) is 4.98 Å². The normalized spacial score (nSPS) is 17.3. The summed E-state index contributed by atoms with van der Waals surface area (Å²) < 4.78 is 5.69. The number of halogens is 1. The Morgan fingerprint density at radius 1 is 1.38 bits per heavy atom. The lowest BCUT2D eigenvalue weighted by Gasteiger charge is -2.21. The predicted octanol–water partition coefficient (Wildman–Crippen LogP) is 3.28. The molecule has 1 aliphatic carbocycles. The number of rotatable bonds is 3. The van der Waals surface area contributed by atoms with E-state index in [-0.39, 0.29) is 0 Å². The average molecular weight is 241 g/mol. The van der Waals surface area contributed by atoms with Gasteiger partial charge in [-0.05, 0) is 18.8 Å². The van der Waals surface area contributed by atoms with Crippen LogP contribution in [-0.2, 0) is 0 Å². The van der Waals surface area contributed by atoms with Gasteiger partial charge in [0.05, 0.1) is 11.6 Å². The molecule has 3 nitrogen and oxygen atoms in total. The molecule has 0 bridgehead atoms. The zero-order valence-corrected chi connectivity index (χ0v) is 10.0. The first-order valence-corrected chi connectivity index (χ1v) is 6.17. The lowest BCUT2D eigenvalue weighted by molar-refractivity contribution is 0.209. The SMILES string of the molecule is Nc1ncc(Cl)cc1OCC1CCCCC1. The molecule has 1 aliphatic rings. The maximum atomic E-state index is 5.84. The van der Waals surface area contributed by atoms with Crippen molar-refractivity contribution in [1.82, 2.24) is 4.98 Å². The molecule has 0 unspecified atom stereocenters. The molecule has 4 heteroatoms.